The van der Waals surface area contributed by atoms with E-state index < -0.39 is 34.1 Å². The second kappa shape index (κ2) is 10.8. The second-order valence-electron chi connectivity index (χ2n) is 7.93. The standard InChI is InChI=1S/C28H20N6Te2/c1-3-11-21(12-4-1)23-19-33(31-29-23)25-15-7-9-17-27(25)35-36-28-18-10-8-16-26(28)34-20-24(30-32-34)22-13-5-2-6-14-22/h1-20H. The van der Waals surface area contributed by atoms with E-state index in [0.29, 0.717) is 0 Å². The predicted octanol–water partition coefficient (Wildman–Crippen LogP) is 3.46. The molecule has 0 aliphatic rings. The SMILES string of the molecule is c1ccc(-c2cn(-c3ccccc3[Te][Te]c3ccccc3-n3cc(-c4ccccc4)nn3)nn2)cc1. The van der Waals surface area contributed by atoms with Crippen LogP contribution >= 0.6 is 0 Å². The van der Waals surface area contributed by atoms with Gasteiger partial charge in [0.1, 0.15) is 0 Å². The van der Waals surface area contributed by atoms with Crippen LogP contribution in [-0.4, -0.2) is 64.1 Å². The summed E-state index contributed by atoms with van der Waals surface area (Å²) < 4.78 is 6.64. The summed E-state index contributed by atoms with van der Waals surface area (Å²) >= 11 is -0.859. The predicted molar refractivity (Wildman–Crippen MR) is 144 cm³/mol. The first kappa shape index (κ1) is 23.2. The molecule has 6 aromatic rings. The van der Waals surface area contributed by atoms with E-state index in [2.05, 4.69) is 93.4 Å². The number of hydrogen-bond donors (Lipinski definition) is 0. The van der Waals surface area contributed by atoms with Crippen molar-refractivity contribution in [2.45, 2.75) is 0 Å². The molecule has 0 unspecified atom stereocenters. The molecule has 0 saturated heterocycles. The van der Waals surface area contributed by atoms with E-state index in [1.807, 2.05) is 58.2 Å². The third kappa shape index (κ3) is 5.00. The van der Waals surface area contributed by atoms with Gasteiger partial charge in [-0.25, -0.2) is 0 Å². The topological polar surface area (TPSA) is 61.4 Å². The van der Waals surface area contributed by atoms with E-state index in [9.17, 15) is 0 Å². The van der Waals surface area contributed by atoms with Crippen molar-refractivity contribution in [2.24, 2.45) is 0 Å². The molecule has 8 heteroatoms. The van der Waals surface area contributed by atoms with Crippen molar-refractivity contribution in [1.29, 1.82) is 0 Å². The first-order valence-corrected chi connectivity index (χ1v) is 21.0. The molecule has 0 atom stereocenters. The monoisotopic (exact) mass is 700 g/mol. The molecule has 2 aromatic heterocycles. The van der Waals surface area contributed by atoms with Gasteiger partial charge in [0.15, 0.2) is 0 Å². The molecule has 0 aliphatic heterocycles. The molecular weight excluding hydrogens is 676 g/mol. The van der Waals surface area contributed by atoms with Gasteiger partial charge in [0.05, 0.1) is 0 Å². The van der Waals surface area contributed by atoms with Crippen molar-refractivity contribution in [3.8, 4) is 33.9 Å². The minimum atomic E-state index is -0.430. The van der Waals surface area contributed by atoms with Crippen molar-refractivity contribution < 1.29 is 0 Å². The third-order valence-corrected chi connectivity index (χ3v) is 17.3. The van der Waals surface area contributed by atoms with Crippen molar-refractivity contribution in [1.82, 2.24) is 30.0 Å². The summed E-state index contributed by atoms with van der Waals surface area (Å²) in [4.78, 5) is 0. The minimum absolute atomic E-state index is 0.430. The first-order chi connectivity index (χ1) is 17.8. The molecule has 0 aliphatic carbocycles. The third-order valence-electron chi connectivity index (χ3n) is 5.57. The molecule has 0 bridgehead atoms. The Hall–Kier alpha value is -3.26. The number of nitrogens with zero attached hydrogens (tertiary/aromatic N) is 6. The maximum atomic E-state index is 4.45. The average molecular weight is 696 g/mol. The average Bonchev–Trinajstić information content (AvgIpc) is 3.64. The van der Waals surface area contributed by atoms with Crippen molar-refractivity contribution >= 4 is 41.3 Å². The quantitative estimate of drug-likeness (QED) is 0.240. The zero-order valence-corrected chi connectivity index (χ0v) is 23.7. The van der Waals surface area contributed by atoms with Crippen LogP contribution < -0.4 is 7.22 Å². The van der Waals surface area contributed by atoms with Gasteiger partial charge in [0, 0.05) is 0 Å². The summed E-state index contributed by atoms with van der Waals surface area (Å²) in [7, 11) is 0. The molecule has 2 heterocycles. The van der Waals surface area contributed by atoms with Crippen LogP contribution in [-0.2, 0) is 0 Å². The molecule has 4 aromatic carbocycles. The Bertz CT molecular complexity index is 1470. The molecule has 0 amide bonds. The van der Waals surface area contributed by atoms with Crippen molar-refractivity contribution in [2.75, 3.05) is 0 Å². The van der Waals surface area contributed by atoms with Gasteiger partial charge in [-0.05, 0) is 0 Å². The first-order valence-electron chi connectivity index (χ1n) is 11.3. The second-order valence-corrected chi connectivity index (χ2v) is 17.8. The molecule has 6 rings (SSSR count). The van der Waals surface area contributed by atoms with Gasteiger partial charge in [-0.2, -0.15) is 0 Å². The fourth-order valence-electron chi connectivity index (χ4n) is 3.77. The molecule has 0 spiro atoms. The number of aromatic nitrogens is 6. The van der Waals surface area contributed by atoms with Crippen LogP contribution in [0.15, 0.2) is 122 Å². The van der Waals surface area contributed by atoms with Gasteiger partial charge < -0.3 is 0 Å². The van der Waals surface area contributed by atoms with E-state index in [0.717, 1.165) is 33.9 Å². The zero-order chi connectivity index (χ0) is 24.2. The number of hydrogen-bond acceptors (Lipinski definition) is 4. The van der Waals surface area contributed by atoms with Crippen LogP contribution in [0.5, 0.6) is 0 Å². The summed E-state index contributed by atoms with van der Waals surface area (Å²) in [5.41, 5.74) is 6.17. The van der Waals surface area contributed by atoms with Crippen LogP contribution in [0, 0.1) is 0 Å². The van der Waals surface area contributed by atoms with Crippen LogP contribution in [0.1, 0.15) is 0 Å². The summed E-state index contributed by atoms with van der Waals surface area (Å²) in [6.07, 6.45) is 4.05. The van der Waals surface area contributed by atoms with Gasteiger partial charge >= 0.3 is 227 Å². The van der Waals surface area contributed by atoms with Gasteiger partial charge in [0.25, 0.3) is 0 Å². The Morgan fingerprint density at radius 2 is 0.833 bits per heavy atom. The Labute approximate surface area is 225 Å². The van der Waals surface area contributed by atoms with Crippen LogP contribution in [0.3, 0.4) is 0 Å². The van der Waals surface area contributed by atoms with E-state index in [1.165, 1.54) is 7.22 Å². The van der Waals surface area contributed by atoms with Crippen LogP contribution in [0.4, 0.5) is 0 Å². The molecule has 0 saturated carbocycles. The van der Waals surface area contributed by atoms with Crippen molar-refractivity contribution in [3.05, 3.63) is 122 Å². The summed E-state index contributed by atoms with van der Waals surface area (Å²) in [5, 5.41) is 17.8. The number of rotatable bonds is 7. The summed E-state index contributed by atoms with van der Waals surface area (Å²) in [6, 6.07) is 37.5. The van der Waals surface area contributed by atoms with E-state index in [4.69, 9.17) is 0 Å². The maximum absolute atomic E-state index is 4.45. The van der Waals surface area contributed by atoms with Crippen LogP contribution in [0.25, 0.3) is 33.9 Å². The molecular formula is C28H20N6Te2. The zero-order valence-electron chi connectivity index (χ0n) is 19.0. The number of para-hydroxylation sites is 2. The van der Waals surface area contributed by atoms with Gasteiger partial charge in [-0.1, -0.05) is 0 Å². The number of benzene rings is 4. The summed E-state index contributed by atoms with van der Waals surface area (Å²) in [6.45, 7) is 0. The fourth-order valence-corrected chi connectivity index (χ4v) is 15.3. The van der Waals surface area contributed by atoms with Gasteiger partial charge in [0.2, 0.25) is 0 Å². The molecule has 0 N–H and O–H groups in total. The Morgan fingerprint density at radius 3 is 1.28 bits per heavy atom. The molecule has 0 radical (unpaired) electrons. The van der Waals surface area contributed by atoms with E-state index >= 15 is 0 Å². The normalized spacial score (nSPS) is 11.0. The molecule has 36 heavy (non-hydrogen) atoms. The van der Waals surface area contributed by atoms with E-state index in [1.54, 1.807) is 0 Å². The van der Waals surface area contributed by atoms with Crippen molar-refractivity contribution in [3.63, 3.8) is 0 Å². The summed E-state index contributed by atoms with van der Waals surface area (Å²) in [5.74, 6) is 0. The van der Waals surface area contributed by atoms with Crippen LogP contribution in [0.2, 0.25) is 0 Å². The van der Waals surface area contributed by atoms with Gasteiger partial charge in [-0.3, -0.25) is 0 Å². The van der Waals surface area contributed by atoms with Gasteiger partial charge in [-0.15, -0.1) is 0 Å². The molecule has 6 nitrogen and oxygen atoms in total. The molecule has 174 valence electrons. The molecule has 0 fully saturated rings. The Balaban J connectivity index is 1.25. The van der Waals surface area contributed by atoms with E-state index in [-0.39, 0.29) is 0 Å². The Morgan fingerprint density at radius 1 is 0.444 bits per heavy atom. The Kier molecular flexibility index (Phi) is 6.94. The fraction of sp³-hybridized carbons (Fsp3) is 0.